The summed E-state index contributed by atoms with van der Waals surface area (Å²) in [7, 11) is 0. The lowest BCUT2D eigenvalue weighted by Crippen LogP contribution is -2.41. The molecule has 2 rings (SSSR count). The molecule has 3 nitrogen and oxygen atoms in total. The zero-order chi connectivity index (χ0) is 17.0. The van der Waals surface area contributed by atoms with Gasteiger partial charge in [-0.05, 0) is 24.1 Å². The van der Waals surface area contributed by atoms with E-state index < -0.39 is 11.5 Å². The van der Waals surface area contributed by atoms with Crippen molar-refractivity contribution in [2.75, 3.05) is 6.54 Å². The Hall–Kier alpha value is -1.91. The molecule has 0 spiro atoms. The fraction of sp³-hybridized carbons (Fsp3) is 0.316. The van der Waals surface area contributed by atoms with Gasteiger partial charge in [0.2, 0.25) is 5.91 Å². The highest BCUT2D eigenvalue weighted by Gasteiger charge is 2.26. The van der Waals surface area contributed by atoms with Gasteiger partial charge in [-0.1, -0.05) is 61.9 Å². The number of amides is 1. The quantitative estimate of drug-likeness (QED) is 0.864. The summed E-state index contributed by atoms with van der Waals surface area (Å²) in [5.74, 6) is -0.534. The number of nitrogens with one attached hydrogen (secondary N) is 1. The molecule has 0 radical (unpaired) electrons. The van der Waals surface area contributed by atoms with Gasteiger partial charge >= 0.3 is 0 Å². The van der Waals surface area contributed by atoms with Crippen molar-refractivity contribution in [3.05, 3.63) is 71.0 Å². The van der Waals surface area contributed by atoms with Crippen LogP contribution in [-0.4, -0.2) is 12.5 Å². The lowest BCUT2D eigenvalue weighted by Gasteiger charge is -2.27. The lowest BCUT2D eigenvalue weighted by molar-refractivity contribution is -0.122. The van der Waals surface area contributed by atoms with E-state index in [-0.39, 0.29) is 24.1 Å². The van der Waals surface area contributed by atoms with Gasteiger partial charge in [0.05, 0.1) is 0 Å². The van der Waals surface area contributed by atoms with Crippen LogP contribution >= 0.6 is 12.4 Å². The number of aryl methyl sites for hydroxylation is 1. The van der Waals surface area contributed by atoms with Crippen molar-refractivity contribution in [1.29, 1.82) is 0 Å². The predicted octanol–water partition coefficient (Wildman–Crippen LogP) is 3.65. The predicted molar refractivity (Wildman–Crippen MR) is 97.8 cm³/mol. The lowest BCUT2D eigenvalue weighted by atomic mass is 9.84. The summed E-state index contributed by atoms with van der Waals surface area (Å²) in [6, 6.07) is 13.4. The van der Waals surface area contributed by atoms with Gasteiger partial charge in [-0.3, -0.25) is 4.79 Å². The van der Waals surface area contributed by atoms with Crippen molar-refractivity contribution >= 4 is 18.3 Å². The maximum Gasteiger partial charge on any atom is 0.241 e. The van der Waals surface area contributed by atoms with Crippen LogP contribution in [0, 0.1) is 12.7 Å². The van der Waals surface area contributed by atoms with Crippen LogP contribution in [-0.2, 0) is 10.2 Å². The van der Waals surface area contributed by atoms with Crippen LogP contribution in [0.5, 0.6) is 0 Å². The van der Waals surface area contributed by atoms with Gasteiger partial charge in [0, 0.05) is 12.0 Å². The van der Waals surface area contributed by atoms with Crippen LogP contribution in [0.4, 0.5) is 4.39 Å². The van der Waals surface area contributed by atoms with E-state index in [0.717, 1.165) is 11.1 Å². The molecule has 1 atom stereocenters. The first-order valence-corrected chi connectivity index (χ1v) is 7.66. The van der Waals surface area contributed by atoms with Crippen LogP contribution in [0.15, 0.2) is 48.5 Å². The topological polar surface area (TPSA) is 55.1 Å². The zero-order valence-corrected chi connectivity index (χ0v) is 15.0. The third-order valence-corrected chi connectivity index (χ3v) is 4.03. The highest BCUT2D eigenvalue weighted by atomic mass is 35.5. The molecule has 5 heteroatoms. The smallest absolute Gasteiger partial charge is 0.241 e. The molecule has 0 saturated carbocycles. The fourth-order valence-electron chi connectivity index (χ4n) is 2.45. The second-order valence-corrected chi connectivity index (χ2v) is 6.47. The molecular formula is C19H24ClFN2O. The first-order valence-electron chi connectivity index (χ1n) is 7.66. The third-order valence-electron chi connectivity index (χ3n) is 4.03. The Kier molecular flexibility index (Phi) is 6.93. The Balaban J connectivity index is 0.00000288. The summed E-state index contributed by atoms with van der Waals surface area (Å²) in [6.45, 7) is 6.07. The summed E-state index contributed by atoms with van der Waals surface area (Å²) in [6.07, 6.45) is 0. The molecule has 24 heavy (non-hydrogen) atoms. The second-order valence-electron chi connectivity index (χ2n) is 6.47. The minimum atomic E-state index is -0.730. The molecule has 3 N–H and O–H groups in total. The van der Waals surface area contributed by atoms with Gasteiger partial charge in [-0.15, -0.1) is 12.4 Å². The monoisotopic (exact) mass is 350 g/mol. The highest BCUT2D eigenvalue weighted by molar-refractivity contribution is 5.85. The van der Waals surface area contributed by atoms with Gasteiger partial charge in [0.15, 0.2) is 0 Å². The van der Waals surface area contributed by atoms with Gasteiger partial charge in [-0.2, -0.15) is 0 Å². The molecular weight excluding hydrogens is 327 g/mol. The van der Waals surface area contributed by atoms with Crippen LogP contribution in [0.2, 0.25) is 0 Å². The van der Waals surface area contributed by atoms with Crippen LogP contribution < -0.4 is 11.1 Å². The Morgan fingerprint density at radius 3 is 2.33 bits per heavy atom. The molecule has 1 amide bonds. The maximum atomic E-state index is 13.9. The zero-order valence-electron chi connectivity index (χ0n) is 14.2. The summed E-state index contributed by atoms with van der Waals surface area (Å²) in [5, 5.41) is 2.83. The highest BCUT2D eigenvalue weighted by Crippen LogP contribution is 2.25. The average Bonchev–Trinajstić information content (AvgIpc) is 2.53. The Morgan fingerprint density at radius 1 is 1.17 bits per heavy atom. The maximum absolute atomic E-state index is 13.9. The van der Waals surface area contributed by atoms with Crippen LogP contribution in [0.3, 0.4) is 0 Å². The van der Waals surface area contributed by atoms with Gasteiger partial charge < -0.3 is 11.1 Å². The van der Waals surface area contributed by atoms with Crippen molar-refractivity contribution in [3.63, 3.8) is 0 Å². The molecule has 0 aliphatic heterocycles. The van der Waals surface area contributed by atoms with Gasteiger partial charge in [-0.25, -0.2) is 4.39 Å². The summed E-state index contributed by atoms with van der Waals surface area (Å²) >= 11 is 0. The van der Waals surface area contributed by atoms with E-state index in [2.05, 4.69) is 5.32 Å². The van der Waals surface area contributed by atoms with E-state index in [0.29, 0.717) is 12.1 Å². The number of halogens is 2. The van der Waals surface area contributed by atoms with Crippen molar-refractivity contribution in [3.8, 4) is 0 Å². The molecule has 0 aliphatic rings. The van der Waals surface area contributed by atoms with E-state index in [1.165, 1.54) is 6.07 Å². The van der Waals surface area contributed by atoms with Crippen LogP contribution in [0.1, 0.15) is 36.6 Å². The first-order chi connectivity index (χ1) is 10.8. The number of benzene rings is 2. The van der Waals surface area contributed by atoms with Gasteiger partial charge in [0.25, 0.3) is 0 Å². The van der Waals surface area contributed by atoms with E-state index in [1.54, 1.807) is 18.2 Å². The number of rotatable bonds is 5. The first kappa shape index (κ1) is 20.1. The van der Waals surface area contributed by atoms with E-state index >= 15 is 0 Å². The number of carbonyl (C=O) groups excluding carboxylic acids is 1. The van der Waals surface area contributed by atoms with Crippen molar-refractivity contribution in [1.82, 2.24) is 5.32 Å². The van der Waals surface area contributed by atoms with E-state index in [4.69, 9.17) is 5.73 Å². The standard InChI is InChI=1S/C19H23FN2O.ClH/c1-13-8-10-14(11-9-13)17(21)18(23)22-12-19(2,3)15-6-4-5-7-16(15)20;/h4-11,17H,12,21H2,1-3H3,(H,22,23);1H. The number of carbonyl (C=O) groups is 1. The minimum Gasteiger partial charge on any atom is -0.354 e. The number of nitrogens with two attached hydrogens (primary N) is 1. The van der Waals surface area contributed by atoms with Crippen LogP contribution in [0.25, 0.3) is 0 Å². The number of hydrogen-bond acceptors (Lipinski definition) is 2. The SMILES string of the molecule is Cc1ccc(C(N)C(=O)NCC(C)(C)c2ccccc2F)cc1.Cl. The average molecular weight is 351 g/mol. The Morgan fingerprint density at radius 2 is 1.75 bits per heavy atom. The molecule has 0 saturated heterocycles. The second kappa shape index (κ2) is 8.27. The van der Waals surface area contributed by atoms with Crippen molar-refractivity contribution in [2.45, 2.75) is 32.2 Å². The van der Waals surface area contributed by atoms with Crippen molar-refractivity contribution in [2.24, 2.45) is 5.73 Å². The van der Waals surface area contributed by atoms with Crippen molar-refractivity contribution < 1.29 is 9.18 Å². The van der Waals surface area contributed by atoms with Gasteiger partial charge in [0.1, 0.15) is 11.9 Å². The Labute approximate surface area is 148 Å². The fourth-order valence-corrected chi connectivity index (χ4v) is 2.45. The molecule has 130 valence electrons. The molecule has 0 heterocycles. The minimum absolute atomic E-state index is 0. The summed E-state index contributed by atoms with van der Waals surface area (Å²) in [4.78, 5) is 12.3. The molecule has 0 aromatic heterocycles. The number of hydrogen-bond donors (Lipinski definition) is 2. The largest absolute Gasteiger partial charge is 0.354 e. The summed E-state index contributed by atoms with van der Waals surface area (Å²) < 4.78 is 13.9. The summed E-state index contributed by atoms with van der Waals surface area (Å²) in [5.41, 5.74) is 7.93. The molecule has 1 unspecified atom stereocenters. The van der Waals surface area contributed by atoms with E-state index in [1.807, 2.05) is 45.0 Å². The van der Waals surface area contributed by atoms with E-state index in [9.17, 15) is 9.18 Å². The molecule has 2 aromatic rings. The molecule has 2 aromatic carbocycles. The molecule has 0 bridgehead atoms. The molecule has 0 aliphatic carbocycles. The normalized spacial score (nSPS) is 12.2. The molecule has 0 fully saturated rings. The third kappa shape index (κ3) is 4.79. The Bertz CT molecular complexity index is 686.